The number of anilines is 1. The quantitative estimate of drug-likeness (QED) is 0.460. The number of rotatable bonds is 11. The highest BCUT2D eigenvalue weighted by molar-refractivity contribution is 5.85. The molecular weight excluding hydrogens is 481 g/mol. The van der Waals surface area contributed by atoms with Crippen molar-refractivity contribution in [2.75, 3.05) is 72.1 Å². The number of piperazine rings is 1. The summed E-state index contributed by atoms with van der Waals surface area (Å²) in [6.07, 6.45) is 0.904. The lowest BCUT2D eigenvalue weighted by Crippen LogP contribution is -2.47. The smallest absolute Gasteiger partial charge is 0.257 e. The number of hydrogen-bond donors (Lipinski definition) is 1. The van der Waals surface area contributed by atoms with Gasteiger partial charge in [0, 0.05) is 50.5 Å². The fourth-order valence-electron chi connectivity index (χ4n) is 3.74. The summed E-state index contributed by atoms with van der Waals surface area (Å²) in [5.41, 5.74) is 1.28. The Balaban J connectivity index is 0.00000289. The summed E-state index contributed by atoms with van der Waals surface area (Å²) in [5, 5.41) is 2.92. The summed E-state index contributed by atoms with van der Waals surface area (Å²) in [4.78, 5) is 17.0. The number of hydrogen-bond acceptors (Lipinski definition) is 7. The number of benzene rings is 2. The Morgan fingerprint density at radius 3 is 2.09 bits per heavy atom. The third-order valence-corrected chi connectivity index (χ3v) is 5.48. The number of halogens is 2. The van der Waals surface area contributed by atoms with E-state index in [4.69, 9.17) is 18.9 Å². The maximum atomic E-state index is 12.2. The molecule has 2 aromatic carbocycles. The fraction of sp³-hybridized carbons (Fsp3) is 0.458. The lowest BCUT2D eigenvalue weighted by Gasteiger charge is -2.36. The molecule has 2 aromatic rings. The number of ether oxygens (including phenoxy) is 4. The van der Waals surface area contributed by atoms with Crippen LogP contribution in [0.15, 0.2) is 42.5 Å². The van der Waals surface area contributed by atoms with Crippen LogP contribution in [0.1, 0.15) is 6.42 Å². The first-order valence-electron chi connectivity index (χ1n) is 10.9. The van der Waals surface area contributed by atoms with Crippen molar-refractivity contribution >= 4 is 36.4 Å². The SMILES string of the molecule is COc1cc(OCC(=O)NCCCN2CCN(c3ccccc3)CC2)cc(OC)c1OC.Cl.Cl. The van der Waals surface area contributed by atoms with Gasteiger partial charge in [-0.1, -0.05) is 18.2 Å². The van der Waals surface area contributed by atoms with E-state index in [-0.39, 0.29) is 37.3 Å². The fourth-order valence-corrected chi connectivity index (χ4v) is 3.74. The summed E-state index contributed by atoms with van der Waals surface area (Å²) >= 11 is 0. The Morgan fingerprint density at radius 2 is 1.53 bits per heavy atom. The van der Waals surface area contributed by atoms with Crippen LogP contribution in [-0.4, -0.2) is 78.0 Å². The second kappa shape index (κ2) is 15.4. The monoisotopic (exact) mass is 515 g/mol. The molecule has 0 bridgehead atoms. The zero-order valence-corrected chi connectivity index (χ0v) is 21.6. The van der Waals surface area contributed by atoms with Crippen LogP contribution >= 0.6 is 24.8 Å². The second-order valence-electron chi connectivity index (χ2n) is 7.52. The van der Waals surface area contributed by atoms with Gasteiger partial charge in [0.2, 0.25) is 5.75 Å². The molecule has 0 aliphatic carbocycles. The molecule has 0 spiro atoms. The van der Waals surface area contributed by atoms with E-state index in [1.165, 1.54) is 27.0 Å². The molecule has 10 heteroatoms. The van der Waals surface area contributed by atoms with Crippen molar-refractivity contribution in [3.05, 3.63) is 42.5 Å². The number of para-hydroxylation sites is 1. The molecule has 1 heterocycles. The normalized spacial score (nSPS) is 13.2. The zero-order chi connectivity index (χ0) is 22.8. The summed E-state index contributed by atoms with van der Waals surface area (Å²) in [5.74, 6) is 1.76. The number of methoxy groups -OCH3 is 3. The summed E-state index contributed by atoms with van der Waals surface area (Å²) in [6, 6.07) is 13.9. The minimum Gasteiger partial charge on any atom is -0.493 e. The molecular formula is C24H35Cl2N3O5. The topological polar surface area (TPSA) is 72.5 Å². The van der Waals surface area contributed by atoms with Crippen molar-refractivity contribution in [2.45, 2.75) is 6.42 Å². The van der Waals surface area contributed by atoms with Gasteiger partial charge in [0.15, 0.2) is 18.1 Å². The highest BCUT2D eigenvalue weighted by Gasteiger charge is 2.17. The number of amides is 1. The van der Waals surface area contributed by atoms with Crippen molar-refractivity contribution in [1.82, 2.24) is 10.2 Å². The van der Waals surface area contributed by atoms with E-state index in [0.29, 0.717) is 29.5 Å². The van der Waals surface area contributed by atoms with Crippen molar-refractivity contribution in [3.8, 4) is 23.0 Å². The van der Waals surface area contributed by atoms with E-state index in [9.17, 15) is 4.79 Å². The molecule has 8 nitrogen and oxygen atoms in total. The van der Waals surface area contributed by atoms with Gasteiger partial charge in [-0.15, -0.1) is 24.8 Å². The molecule has 34 heavy (non-hydrogen) atoms. The third-order valence-electron chi connectivity index (χ3n) is 5.48. The first-order valence-corrected chi connectivity index (χ1v) is 10.9. The summed E-state index contributed by atoms with van der Waals surface area (Å²) in [6.45, 7) is 5.64. The largest absolute Gasteiger partial charge is 0.493 e. The van der Waals surface area contributed by atoms with Gasteiger partial charge < -0.3 is 29.2 Å². The van der Waals surface area contributed by atoms with Gasteiger partial charge >= 0.3 is 0 Å². The number of carbonyl (C=O) groups excluding carboxylic acids is 1. The molecule has 0 radical (unpaired) electrons. The molecule has 1 aliphatic rings. The van der Waals surface area contributed by atoms with Crippen molar-refractivity contribution < 1.29 is 23.7 Å². The average molecular weight is 516 g/mol. The molecule has 3 rings (SSSR count). The average Bonchev–Trinajstić information content (AvgIpc) is 2.85. The highest BCUT2D eigenvalue weighted by Crippen LogP contribution is 2.40. The Kier molecular flexibility index (Phi) is 13.3. The van der Waals surface area contributed by atoms with Crippen LogP contribution < -0.4 is 29.2 Å². The van der Waals surface area contributed by atoms with E-state index < -0.39 is 0 Å². The van der Waals surface area contributed by atoms with Crippen LogP contribution in [0.4, 0.5) is 5.69 Å². The van der Waals surface area contributed by atoms with Crippen molar-refractivity contribution in [2.24, 2.45) is 0 Å². The van der Waals surface area contributed by atoms with Gasteiger partial charge in [0.05, 0.1) is 21.3 Å². The van der Waals surface area contributed by atoms with E-state index in [1.807, 2.05) is 6.07 Å². The molecule has 1 fully saturated rings. The molecule has 1 N–H and O–H groups in total. The summed E-state index contributed by atoms with van der Waals surface area (Å²) < 4.78 is 21.5. The predicted octanol–water partition coefficient (Wildman–Crippen LogP) is 3.26. The third kappa shape index (κ3) is 8.34. The van der Waals surface area contributed by atoms with Crippen LogP contribution in [0.5, 0.6) is 23.0 Å². The maximum Gasteiger partial charge on any atom is 0.257 e. The van der Waals surface area contributed by atoms with E-state index in [0.717, 1.165) is 39.1 Å². The number of nitrogens with one attached hydrogen (secondary N) is 1. The minimum absolute atomic E-state index is 0. The predicted molar refractivity (Wildman–Crippen MR) is 139 cm³/mol. The molecule has 1 saturated heterocycles. The summed E-state index contributed by atoms with van der Waals surface area (Å²) in [7, 11) is 4.61. The zero-order valence-electron chi connectivity index (χ0n) is 20.0. The maximum absolute atomic E-state index is 12.2. The number of nitrogens with zero attached hydrogens (tertiary/aromatic N) is 2. The molecule has 0 aromatic heterocycles. The van der Waals surface area contributed by atoms with Crippen LogP contribution in [0.2, 0.25) is 0 Å². The van der Waals surface area contributed by atoms with E-state index >= 15 is 0 Å². The first-order chi connectivity index (χ1) is 15.6. The standard InChI is InChI=1S/C24H33N3O5.2ClH/c1-29-21-16-20(17-22(30-2)24(21)31-3)32-18-23(28)25-10-7-11-26-12-14-27(15-13-26)19-8-5-4-6-9-19;;/h4-6,8-9,16-17H,7,10-15,18H2,1-3H3,(H,25,28);2*1H. The molecule has 1 amide bonds. The lowest BCUT2D eigenvalue weighted by atomic mass is 10.2. The van der Waals surface area contributed by atoms with Gasteiger partial charge in [-0.05, 0) is 25.1 Å². The Morgan fingerprint density at radius 1 is 0.912 bits per heavy atom. The molecule has 0 saturated carbocycles. The van der Waals surface area contributed by atoms with Gasteiger partial charge in [-0.2, -0.15) is 0 Å². The Hall–Kier alpha value is -2.55. The van der Waals surface area contributed by atoms with Crippen LogP contribution in [0.3, 0.4) is 0 Å². The van der Waals surface area contributed by atoms with Gasteiger partial charge in [0.25, 0.3) is 5.91 Å². The Labute approximate surface area is 214 Å². The first kappa shape index (κ1) is 29.5. The van der Waals surface area contributed by atoms with Crippen LogP contribution in [0, 0.1) is 0 Å². The van der Waals surface area contributed by atoms with Crippen molar-refractivity contribution in [3.63, 3.8) is 0 Å². The number of carbonyl (C=O) groups is 1. The highest BCUT2D eigenvalue weighted by atomic mass is 35.5. The minimum atomic E-state index is -0.160. The Bertz CT molecular complexity index is 840. The van der Waals surface area contributed by atoms with Crippen molar-refractivity contribution in [1.29, 1.82) is 0 Å². The van der Waals surface area contributed by atoms with Gasteiger partial charge in [-0.3, -0.25) is 9.69 Å². The van der Waals surface area contributed by atoms with Crippen LogP contribution in [0.25, 0.3) is 0 Å². The molecule has 190 valence electrons. The van der Waals surface area contributed by atoms with E-state index in [2.05, 4.69) is 39.4 Å². The molecule has 0 unspecified atom stereocenters. The molecule has 0 atom stereocenters. The molecule has 1 aliphatic heterocycles. The second-order valence-corrected chi connectivity index (χ2v) is 7.52. The lowest BCUT2D eigenvalue weighted by molar-refractivity contribution is -0.123. The van der Waals surface area contributed by atoms with E-state index in [1.54, 1.807) is 12.1 Å². The van der Waals surface area contributed by atoms with Gasteiger partial charge in [0.1, 0.15) is 5.75 Å². The van der Waals surface area contributed by atoms with Gasteiger partial charge in [-0.25, -0.2) is 0 Å². The van der Waals surface area contributed by atoms with Crippen LogP contribution in [-0.2, 0) is 4.79 Å².